The minimum absolute atomic E-state index is 0. The standard InChI is InChI=1S/C8H9N3O.Na/c1-5-6(4-9)7(12)3-8(10-2)11-5;/h3H,1-2H3,(H2,10,11,12);/q;+1/p-1. The fraction of sp³-hybridized carbons (Fsp3) is 0.250. The van der Waals surface area contributed by atoms with E-state index in [4.69, 9.17) is 5.26 Å². The average molecular weight is 185 g/mol. The van der Waals surface area contributed by atoms with Crippen molar-refractivity contribution in [2.45, 2.75) is 6.92 Å². The summed E-state index contributed by atoms with van der Waals surface area (Å²) in [6.45, 7) is 1.64. The van der Waals surface area contributed by atoms with Crippen molar-refractivity contribution in [1.82, 2.24) is 4.98 Å². The number of anilines is 1. The number of nitrogens with one attached hydrogen (secondary N) is 1. The molecule has 0 saturated heterocycles. The van der Waals surface area contributed by atoms with Gasteiger partial charge in [-0.05, 0) is 13.0 Å². The molecule has 0 aliphatic rings. The number of aromatic nitrogens is 1. The van der Waals surface area contributed by atoms with Gasteiger partial charge >= 0.3 is 29.6 Å². The van der Waals surface area contributed by atoms with Crippen LogP contribution >= 0.6 is 0 Å². The number of aryl methyl sites for hydroxylation is 1. The molecule has 0 amide bonds. The predicted molar refractivity (Wildman–Crippen MR) is 42.7 cm³/mol. The Morgan fingerprint density at radius 1 is 1.62 bits per heavy atom. The first-order chi connectivity index (χ1) is 5.69. The summed E-state index contributed by atoms with van der Waals surface area (Å²) < 4.78 is 0. The van der Waals surface area contributed by atoms with Gasteiger partial charge in [0.15, 0.2) is 0 Å². The Balaban J connectivity index is 0.00000144. The second-order valence-corrected chi connectivity index (χ2v) is 2.33. The van der Waals surface area contributed by atoms with Crippen molar-refractivity contribution in [2.75, 3.05) is 12.4 Å². The quantitative estimate of drug-likeness (QED) is 0.486. The van der Waals surface area contributed by atoms with Gasteiger partial charge in [0, 0.05) is 7.05 Å². The topological polar surface area (TPSA) is 71.8 Å². The van der Waals surface area contributed by atoms with Crippen LogP contribution in [0, 0.1) is 18.3 Å². The summed E-state index contributed by atoms with van der Waals surface area (Å²) in [5, 5.41) is 22.4. The van der Waals surface area contributed by atoms with E-state index in [0.29, 0.717) is 11.5 Å². The summed E-state index contributed by atoms with van der Waals surface area (Å²) in [6, 6.07) is 3.12. The fourth-order valence-electron chi connectivity index (χ4n) is 0.908. The molecule has 0 radical (unpaired) electrons. The number of hydrogen-bond acceptors (Lipinski definition) is 4. The zero-order chi connectivity index (χ0) is 9.14. The van der Waals surface area contributed by atoms with Crippen molar-refractivity contribution in [3.63, 3.8) is 0 Å². The number of rotatable bonds is 1. The number of hydrogen-bond donors (Lipinski definition) is 1. The van der Waals surface area contributed by atoms with Gasteiger partial charge in [0.2, 0.25) is 0 Å². The third-order valence-corrected chi connectivity index (χ3v) is 1.53. The molecule has 5 heteroatoms. The van der Waals surface area contributed by atoms with Gasteiger partial charge in [-0.1, -0.05) is 5.75 Å². The van der Waals surface area contributed by atoms with Gasteiger partial charge in [0.05, 0.1) is 11.3 Å². The first-order valence-corrected chi connectivity index (χ1v) is 3.45. The molecule has 13 heavy (non-hydrogen) atoms. The van der Waals surface area contributed by atoms with Crippen LogP contribution in [0.5, 0.6) is 5.75 Å². The maximum Gasteiger partial charge on any atom is 1.00 e. The summed E-state index contributed by atoms with van der Waals surface area (Å²) in [6.07, 6.45) is 0. The van der Waals surface area contributed by atoms with E-state index in [9.17, 15) is 5.11 Å². The first kappa shape index (κ1) is 12.2. The predicted octanol–water partition coefficient (Wildman–Crippen LogP) is -2.62. The monoisotopic (exact) mass is 185 g/mol. The van der Waals surface area contributed by atoms with Gasteiger partial charge in [0.1, 0.15) is 11.9 Å². The van der Waals surface area contributed by atoms with Crippen LogP contribution in [0.3, 0.4) is 0 Å². The minimum Gasteiger partial charge on any atom is -0.871 e. The van der Waals surface area contributed by atoms with Crippen LogP contribution in [0.25, 0.3) is 0 Å². The van der Waals surface area contributed by atoms with Crippen LogP contribution in [0.1, 0.15) is 11.3 Å². The summed E-state index contributed by atoms with van der Waals surface area (Å²) >= 11 is 0. The minimum atomic E-state index is -0.283. The van der Waals surface area contributed by atoms with Crippen molar-refractivity contribution in [1.29, 1.82) is 5.26 Å². The van der Waals surface area contributed by atoms with E-state index in [0.717, 1.165) is 0 Å². The number of pyridine rings is 1. The van der Waals surface area contributed by atoms with Crippen LogP contribution in [-0.2, 0) is 0 Å². The van der Waals surface area contributed by atoms with E-state index in [1.165, 1.54) is 6.07 Å². The molecular weight excluding hydrogens is 177 g/mol. The Morgan fingerprint density at radius 2 is 2.23 bits per heavy atom. The van der Waals surface area contributed by atoms with Crippen molar-refractivity contribution in [3.8, 4) is 11.8 Å². The molecule has 0 spiro atoms. The maximum atomic E-state index is 11.1. The summed E-state index contributed by atoms with van der Waals surface area (Å²) in [5.74, 6) is 0.214. The van der Waals surface area contributed by atoms with Gasteiger partial charge in [-0.25, -0.2) is 4.98 Å². The molecule has 0 fully saturated rings. The zero-order valence-electron chi connectivity index (χ0n) is 7.88. The van der Waals surface area contributed by atoms with E-state index < -0.39 is 0 Å². The normalized spacial score (nSPS) is 8.38. The van der Waals surface area contributed by atoms with E-state index in [2.05, 4.69) is 10.3 Å². The Kier molecular flexibility index (Phi) is 4.78. The Hall–Kier alpha value is -0.760. The molecule has 62 valence electrons. The maximum absolute atomic E-state index is 11.1. The van der Waals surface area contributed by atoms with Crippen molar-refractivity contribution in [3.05, 3.63) is 17.3 Å². The third kappa shape index (κ3) is 2.59. The van der Waals surface area contributed by atoms with Crippen LogP contribution in [-0.4, -0.2) is 12.0 Å². The molecule has 0 saturated carbocycles. The van der Waals surface area contributed by atoms with Gasteiger partial charge in [0.25, 0.3) is 0 Å². The molecule has 1 N–H and O–H groups in total. The Labute approximate surface area is 98.9 Å². The largest absolute Gasteiger partial charge is 1.00 e. The van der Waals surface area contributed by atoms with Gasteiger partial charge in [-0.2, -0.15) is 5.26 Å². The first-order valence-electron chi connectivity index (χ1n) is 3.45. The summed E-state index contributed by atoms with van der Waals surface area (Å²) in [7, 11) is 1.67. The molecule has 0 atom stereocenters. The number of nitriles is 1. The molecule has 1 heterocycles. The summed E-state index contributed by atoms with van der Waals surface area (Å²) in [5.41, 5.74) is 0.586. The van der Waals surface area contributed by atoms with Crippen LogP contribution in [0.15, 0.2) is 6.07 Å². The molecule has 4 nitrogen and oxygen atoms in total. The fourth-order valence-corrected chi connectivity index (χ4v) is 0.908. The molecule has 0 aliphatic carbocycles. The Bertz CT molecular complexity index is 323. The van der Waals surface area contributed by atoms with Crippen molar-refractivity contribution < 1.29 is 34.7 Å². The molecular formula is C8H8N3NaO. The molecule has 0 aromatic carbocycles. The van der Waals surface area contributed by atoms with E-state index >= 15 is 0 Å². The molecule has 1 aromatic rings. The molecule has 0 aliphatic heterocycles. The third-order valence-electron chi connectivity index (χ3n) is 1.53. The van der Waals surface area contributed by atoms with E-state index in [-0.39, 0.29) is 40.9 Å². The average Bonchev–Trinajstić information content (AvgIpc) is 2.03. The second kappa shape index (κ2) is 5.07. The second-order valence-electron chi connectivity index (χ2n) is 2.33. The van der Waals surface area contributed by atoms with Crippen molar-refractivity contribution >= 4 is 5.82 Å². The molecule has 0 unspecified atom stereocenters. The smallest absolute Gasteiger partial charge is 0.871 e. The molecule has 0 bridgehead atoms. The molecule has 1 aromatic heterocycles. The van der Waals surface area contributed by atoms with E-state index in [1.807, 2.05) is 6.07 Å². The van der Waals surface area contributed by atoms with Gasteiger partial charge in [-0.15, -0.1) is 0 Å². The summed E-state index contributed by atoms with van der Waals surface area (Å²) in [4.78, 5) is 3.99. The van der Waals surface area contributed by atoms with Crippen molar-refractivity contribution in [2.24, 2.45) is 0 Å². The van der Waals surface area contributed by atoms with Gasteiger partial charge in [-0.3, -0.25) is 0 Å². The zero-order valence-corrected chi connectivity index (χ0v) is 9.88. The Morgan fingerprint density at radius 3 is 2.62 bits per heavy atom. The van der Waals surface area contributed by atoms with Crippen LogP contribution in [0.2, 0.25) is 0 Å². The van der Waals surface area contributed by atoms with Crippen LogP contribution in [0.4, 0.5) is 5.82 Å². The van der Waals surface area contributed by atoms with Gasteiger partial charge < -0.3 is 10.4 Å². The molecule has 1 rings (SSSR count). The van der Waals surface area contributed by atoms with Crippen LogP contribution < -0.4 is 40.0 Å². The number of nitrogens with zero attached hydrogens (tertiary/aromatic N) is 2. The van der Waals surface area contributed by atoms with E-state index in [1.54, 1.807) is 14.0 Å². The SMILES string of the molecule is CNc1cc([O-])c(C#N)c(C)n1.[Na+].